The van der Waals surface area contributed by atoms with E-state index in [9.17, 15) is 8.42 Å². The molecule has 1 aromatic carbocycles. The SMILES string of the molecule is NCC=CNS(=O)(=O)c1cccc2cnccc12. The van der Waals surface area contributed by atoms with Gasteiger partial charge in [0.25, 0.3) is 10.0 Å². The summed E-state index contributed by atoms with van der Waals surface area (Å²) in [5.74, 6) is 0. The molecule has 1 heterocycles. The summed E-state index contributed by atoms with van der Waals surface area (Å²) in [5, 5.41) is 1.42. The number of aromatic nitrogens is 1. The van der Waals surface area contributed by atoms with Gasteiger partial charge in [-0.3, -0.25) is 9.71 Å². The van der Waals surface area contributed by atoms with Crippen molar-refractivity contribution in [2.45, 2.75) is 4.90 Å². The molecule has 0 spiro atoms. The number of nitrogens with one attached hydrogen (secondary N) is 1. The van der Waals surface area contributed by atoms with Crippen molar-refractivity contribution in [3.63, 3.8) is 0 Å². The van der Waals surface area contributed by atoms with Crippen LogP contribution in [0.2, 0.25) is 0 Å². The molecular weight excluding hydrogens is 250 g/mol. The Labute approximate surface area is 105 Å². The molecule has 0 saturated heterocycles. The van der Waals surface area contributed by atoms with Crippen molar-refractivity contribution in [1.82, 2.24) is 9.71 Å². The van der Waals surface area contributed by atoms with Crippen LogP contribution in [0.5, 0.6) is 0 Å². The summed E-state index contributed by atoms with van der Waals surface area (Å²) in [6.07, 6.45) is 6.06. The van der Waals surface area contributed by atoms with Crippen molar-refractivity contribution >= 4 is 20.8 Å². The predicted molar refractivity (Wildman–Crippen MR) is 70.3 cm³/mol. The highest BCUT2D eigenvalue weighted by atomic mass is 32.2. The van der Waals surface area contributed by atoms with E-state index >= 15 is 0 Å². The molecule has 1 aromatic heterocycles. The van der Waals surface area contributed by atoms with E-state index in [1.807, 2.05) is 6.07 Å². The lowest BCUT2D eigenvalue weighted by molar-refractivity contribution is 0.591. The van der Waals surface area contributed by atoms with E-state index in [1.165, 1.54) is 12.3 Å². The van der Waals surface area contributed by atoms with Crippen molar-refractivity contribution in [3.05, 3.63) is 48.9 Å². The second-order valence-electron chi connectivity index (χ2n) is 3.61. The lowest BCUT2D eigenvalue weighted by Crippen LogP contribution is -2.18. The zero-order chi connectivity index (χ0) is 13.0. The van der Waals surface area contributed by atoms with Gasteiger partial charge in [0.2, 0.25) is 0 Å². The first-order valence-corrected chi connectivity index (χ1v) is 6.83. The minimum Gasteiger partial charge on any atom is -0.327 e. The fourth-order valence-corrected chi connectivity index (χ4v) is 2.73. The van der Waals surface area contributed by atoms with E-state index in [0.717, 1.165) is 5.39 Å². The number of nitrogens with zero attached hydrogens (tertiary/aromatic N) is 1. The number of pyridine rings is 1. The van der Waals surface area contributed by atoms with Crippen molar-refractivity contribution < 1.29 is 8.42 Å². The highest BCUT2D eigenvalue weighted by Crippen LogP contribution is 2.21. The Morgan fingerprint density at radius 2 is 2.17 bits per heavy atom. The van der Waals surface area contributed by atoms with Crippen LogP contribution in [0.1, 0.15) is 0 Å². The second kappa shape index (κ2) is 5.16. The molecule has 94 valence electrons. The number of nitrogens with two attached hydrogens (primary N) is 1. The van der Waals surface area contributed by atoms with Gasteiger partial charge >= 0.3 is 0 Å². The van der Waals surface area contributed by atoms with Gasteiger partial charge in [-0.2, -0.15) is 0 Å². The second-order valence-corrected chi connectivity index (χ2v) is 5.29. The Bertz CT molecular complexity index is 675. The van der Waals surface area contributed by atoms with Gasteiger partial charge in [0.05, 0.1) is 4.90 Å². The summed E-state index contributed by atoms with van der Waals surface area (Å²) >= 11 is 0. The van der Waals surface area contributed by atoms with Gasteiger partial charge in [0.1, 0.15) is 0 Å². The van der Waals surface area contributed by atoms with E-state index in [2.05, 4.69) is 9.71 Å². The lowest BCUT2D eigenvalue weighted by atomic mass is 10.2. The summed E-state index contributed by atoms with van der Waals surface area (Å²) in [5.41, 5.74) is 5.26. The van der Waals surface area contributed by atoms with E-state index < -0.39 is 10.0 Å². The van der Waals surface area contributed by atoms with Gasteiger partial charge < -0.3 is 5.73 Å². The van der Waals surface area contributed by atoms with Gasteiger partial charge in [-0.15, -0.1) is 0 Å². The van der Waals surface area contributed by atoms with Crippen molar-refractivity contribution in [2.24, 2.45) is 5.73 Å². The normalized spacial score (nSPS) is 12.1. The number of fused-ring (bicyclic) bond motifs is 1. The summed E-state index contributed by atoms with van der Waals surface area (Å²) in [7, 11) is -3.58. The molecule has 0 saturated carbocycles. The molecule has 18 heavy (non-hydrogen) atoms. The van der Waals surface area contributed by atoms with Gasteiger partial charge in [-0.05, 0) is 12.1 Å². The molecule has 0 unspecified atom stereocenters. The van der Waals surface area contributed by atoms with Crippen LogP contribution < -0.4 is 10.5 Å². The Balaban J connectivity index is 2.51. The number of rotatable bonds is 4. The van der Waals surface area contributed by atoms with Crippen LogP contribution in [-0.4, -0.2) is 19.9 Å². The number of sulfonamides is 1. The zero-order valence-electron chi connectivity index (χ0n) is 9.58. The maximum atomic E-state index is 12.1. The van der Waals surface area contributed by atoms with Crippen LogP contribution in [0.4, 0.5) is 0 Å². The minimum atomic E-state index is -3.58. The smallest absolute Gasteiger partial charge is 0.262 e. The fraction of sp³-hybridized carbons (Fsp3) is 0.0833. The molecule has 0 fully saturated rings. The third kappa shape index (κ3) is 2.49. The van der Waals surface area contributed by atoms with Crippen molar-refractivity contribution in [2.75, 3.05) is 6.54 Å². The van der Waals surface area contributed by atoms with Crippen LogP contribution in [-0.2, 0) is 10.0 Å². The number of hydrogen-bond acceptors (Lipinski definition) is 4. The molecule has 2 aromatic rings. The Morgan fingerprint density at radius 3 is 2.94 bits per heavy atom. The fourth-order valence-electron chi connectivity index (χ4n) is 1.60. The first-order valence-electron chi connectivity index (χ1n) is 5.35. The maximum Gasteiger partial charge on any atom is 0.262 e. The quantitative estimate of drug-likeness (QED) is 0.861. The average Bonchev–Trinajstić information content (AvgIpc) is 2.38. The van der Waals surface area contributed by atoms with E-state index in [-0.39, 0.29) is 11.4 Å². The van der Waals surface area contributed by atoms with Crippen LogP contribution >= 0.6 is 0 Å². The topological polar surface area (TPSA) is 85.1 Å². The highest BCUT2D eigenvalue weighted by Gasteiger charge is 2.15. The van der Waals surface area contributed by atoms with Crippen molar-refractivity contribution in [1.29, 1.82) is 0 Å². The van der Waals surface area contributed by atoms with Crippen LogP contribution in [0.3, 0.4) is 0 Å². The van der Waals surface area contributed by atoms with E-state index in [0.29, 0.717) is 5.39 Å². The molecule has 6 heteroatoms. The average molecular weight is 263 g/mol. The summed E-state index contributed by atoms with van der Waals surface area (Å²) < 4.78 is 26.6. The molecule has 0 radical (unpaired) electrons. The molecule has 0 aliphatic carbocycles. The van der Waals surface area contributed by atoms with Crippen molar-refractivity contribution in [3.8, 4) is 0 Å². The number of hydrogen-bond donors (Lipinski definition) is 2. The largest absolute Gasteiger partial charge is 0.327 e. The van der Waals surface area contributed by atoms with Gasteiger partial charge in [-0.1, -0.05) is 18.2 Å². The molecule has 0 atom stereocenters. The maximum absolute atomic E-state index is 12.1. The van der Waals surface area contributed by atoms with E-state index in [1.54, 1.807) is 30.6 Å². The van der Waals surface area contributed by atoms with Gasteiger partial charge in [0.15, 0.2) is 0 Å². The standard InChI is InChI=1S/C12H13N3O2S/c13-6-2-7-15-18(16,17)12-4-1-3-10-9-14-8-5-11(10)12/h1-5,7-9,15H,6,13H2. The van der Waals surface area contributed by atoms with Gasteiger partial charge in [-0.25, -0.2) is 8.42 Å². The Kier molecular flexibility index (Phi) is 3.59. The molecule has 0 amide bonds. The summed E-state index contributed by atoms with van der Waals surface area (Å²) in [6, 6.07) is 6.74. The highest BCUT2D eigenvalue weighted by molar-refractivity contribution is 7.89. The third-order valence-corrected chi connectivity index (χ3v) is 3.79. The molecular formula is C12H13N3O2S. The van der Waals surface area contributed by atoms with E-state index in [4.69, 9.17) is 5.73 Å². The summed E-state index contributed by atoms with van der Waals surface area (Å²) in [4.78, 5) is 4.19. The van der Waals surface area contributed by atoms with Crippen LogP contribution in [0, 0.1) is 0 Å². The predicted octanol–water partition coefficient (Wildman–Crippen LogP) is 0.985. The molecule has 5 nitrogen and oxygen atoms in total. The molecule has 0 bridgehead atoms. The first-order chi connectivity index (χ1) is 8.65. The minimum absolute atomic E-state index is 0.226. The molecule has 2 rings (SSSR count). The summed E-state index contributed by atoms with van der Waals surface area (Å²) in [6.45, 7) is 0.280. The molecule has 3 N–H and O–H groups in total. The van der Waals surface area contributed by atoms with Gasteiger partial charge in [0, 0.05) is 35.9 Å². The first kappa shape index (κ1) is 12.5. The van der Waals surface area contributed by atoms with Crippen LogP contribution in [0.25, 0.3) is 10.8 Å². The third-order valence-electron chi connectivity index (χ3n) is 2.41. The zero-order valence-corrected chi connectivity index (χ0v) is 10.4. The Hall–Kier alpha value is -1.92. The number of benzene rings is 1. The monoisotopic (exact) mass is 263 g/mol. The lowest BCUT2D eigenvalue weighted by Gasteiger charge is -2.07. The molecule has 0 aliphatic rings. The van der Waals surface area contributed by atoms with Crippen LogP contribution in [0.15, 0.2) is 53.8 Å². The molecule has 0 aliphatic heterocycles. The Morgan fingerprint density at radius 1 is 1.33 bits per heavy atom.